The second-order valence-electron chi connectivity index (χ2n) is 7.69. The number of aromatic nitrogens is 2. The van der Waals surface area contributed by atoms with Crippen molar-refractivity contribution in [3.63, 3.8) is 0 Å². The first kappa shape index (κ1) is 17.3. The molecule has 2 aliphatic heterocycles. The number of ether oxygens (including phenoxy) is 2. The van der Waals surface area contributed by atoms with Crippen LogP contribution in [0, 0.1) is 0 Å². The summed E-state index contributed by atoms with van der Waals surface area (Å²) in [5.41, 5.74) is 1.27. The number of hydrogen-bond donors (Lipinski definition) is 2. The number of hydrogen-bond acceptors (Lipinski definition) is 6. The third kappa shape index (κ3) is 3.24. The molecule has 2 N–H and O–H groups in total. The van der Waals surface area contributed by atoms with Gasteiger partial charge in [0.2, 0.25) is 5.88 Å². The maximum absolute atomic E-state index is 10.5. The van der Waals surface area contributed by atoms with E-state index in [0.29, 0.717) is 29.2 Å². The molecule has 6 nitrogen and oxygen atoms in total. The van der Waals surface area contributed by atoms with E-state index in [1.807, 2.05) is 36.4 Å². The molecule has 0 spiro atoms. The number of fused-ring (bicyclic) bond motifs is 3. The van der Waals surface area contributed by atoms with Crippen LogP contribution in [0.1, 0.15) is 25.7 Å². The Labute approximate surface area is 163 Å². The molecule has 2 aliphatic rings. The maximum atomic E-state index is 10.5. The number of phenolic OH excluding ortho intramolecular Hbond substituents is 1. The summed E-state index contributed by atoms with van der Waals surface area (Å²) in [6.45, 7) is 0. The molecule has 144 valence electrons. The molecule has 2 saturated heterocycles. The minimum atomic E-state index is 0.165. The van der Waals surface area contributed by atoms with Crippen LogP contribution in [0.5, 0.6) is 17.4 Å². The molecule has 6 heteroatoms. The van der Waals surface area contributed by atoms with Crippen LogP contribution in [-0.4, -0.2) is 40.6 Å². The Bertz CT molecular complexity index is 994. The molecule has 5 rings (SSSR count). The van der Waals surface area contributed by atoms with Crippen molar-refractivity contribution < 1.29 is 14.6 Å². The lowest BCUT2D eigenvalue weighted by Crippen LogP contribution is -2.42. The largest absolute Gasteiger partial charge is 0.507 e. The van der Waals surface area contributed by atoms with Gasteiger partial charge in [0.25, 0.3) is 0 Å². The molecule has 0 unspecified atom stereocenters. The van der Waals surface area contributed by atoms with Crippen LogP contribution in [0.25, 0.3) is 22.0 Å². The fourth-order valence-corrected chi connectivity index (χ4v) is 4.39. The Kier molecular flexibility index (Phi) is 4.28. The third-order valence-corrected chi connectivity index (χ3v) is 5.80. The third-order valence-electron chi connectivity index (χ3n) is 5.80. The second-order valence-corrected chi connectivity index (χ2v) is 7.69. The number of nitrogens with zero attached hydrogens (tertiary/aromatic N) is 2. The molecule has 3 aromatic rings. The molecule has 2 aromatic carbocycles. The molecule has 0 aliphatic carbocycles. The Morgan fingerprint density at radius 3 is 2.50 bits per heavy atom. The van der Waals surface area contributed by atoms with Gasteiger partial charge in [-0.1, -0.05) is 6.07 Å². The van der Waals surface area contributed by atoms with Crippen LogP contribution < -0.4 is 14.8 Å². The van der Waals surface area contributed by atoms with Gasteiger partial charge in [-0.25, -0.2) is 0 Å². The molecule has 0 radical (unpaired) electrons. The van der Waals surface area contributed by atoms with Crippen LogP contribution in [-0.2, 0) is 0 Å². The first-order valence-electron chi connectivity index (χ1n) is 9.75. The first-order chi connectivity index (χ1) is 13.7. The summed E-state index contributed by atoms with van der Waals surface area (Å²) in [6.07, 6.45) is 4.72. The molecule has 1 aromatic heterocycles. The summed E-state index contributed by atoms with van der Waals surface area (Å²) in [4.78, 5) is 0. The zero-order chi connectivity index (χ0) is 19.1. The van der Waals surface area contributed by atoms with Gasteiger partial charge in [0.1, 0.15) is 17.6 Å². The lowest BCUT2D eigenvalue weighted by molar-refractivity contribution is 0.130. The van der Waals surface area contributed by atoms with E-state index in [2.05, 4.69) is 15.5 Å². The zero-order valence-electron chi connectivity index (χ0n) is 15.8. The van der Waals surface area contributed by atoms with E-state index >= 15 is 0 Å². The Balaban J connectivity index is 1.37. The van der Waals surface area contributed by atoms with Crippen LogP contribution in [0.15, 0.2) is 42.5 Å². The van der Waals surface area contributed by atoms with Gasteiger partial charge in [0, 0.05) is 23.7 Å². The van der Waals surface area contributed by atoms with E-state index in [1.54, 1.807) is 13.2 Å². The number of rotatable bonds is 4. The fourth-order valence-electron chi connectivity index (χ4n) is 4.39. The fraction of sp³-hybridized carbons (Fsp3) is 0.364. The minimum absolute atomic E-state index is 0.165. The smallest absolute Gasteiger partial charge is 0.233 e. The van der Waals surface area contributed by atoms with Crippen LogP contribution in [0.3, 0.4) is 0 Å². The molecule has 28 heavy (non-hydrogen) atoms. The highest BCUT2D eigenvalue weighted by Gasteiger charge is 2.34. The van der Waals surface area contributed by atoms with E-state index in [9.17, 15) is 5.11 Å². The molecule has 0 amide bonds. The SMILES string of the molecule is COc1ccc2cc(-c3ccc(O[C@@H]4C[C@H]5CC[C@@H](C4)N5)nn3)c(O)cc2c1. The van der Waals surface area contributed by atoms with Gasteiger partial charge >= 0.3 is 0 Å². The topological polar surface area (TPSA) is 76.5 Å². The molecular formula is C22H23N3O3. The molecular weight excluding hydrogens is 354 g/mol. The summed E-state index contributed by atoms with van der Waals surface area (Å²) in [5, 5.41) is 24.5. The normalized spacial score (nSPS) is 23.7. The van der Waals surface area contributed by atoms with Gasteiger partial charge in [-0.05, 0) is 66.8 Å². The van der Waals surface area contributed by atoms with Crippen molar-refractivity contribution in [1.82, 2.24) is 15.5 Å². The van der Waals surface area contributed by atoms with Crippen molar-refractivity contribution in [2.75, 3.05) is 7.11 Å². The Hall–Kier alpha value is -2.86. The van der Waals surface area contributed by atoms with E-state index < -0.39 is 0 Å². The van der Waals surface area contributed by atoms with Gasteiger partial charge in [0.15, 0.2) is 0 Å². The van der Waals surface area contributed by atoms with Crippen molar-refractivity contribution in [2.45, 2.75) is 43.9 Å². The van der Waals surface area contributed by atoms with Crippen molar-refractivity contribution in [1.29, 1.82) is 0 Å². The molecule has 3 atom stereocenters. The maximum Gasteiger partial charge on any atom is 0.233 e. The number of aromatic hydroxyl groups is 1. The van der Waals surface area contributed by atoms with Gasteiger partial charge in [0.05, 0.1) is 12.8 Å². The van der Waals surface area contributed by atoms with E-state index in [-0.39, 0.29) is 11.9 Å². The summed E-state index contributed by atoms with van der Waals surface area (Å²) >= 11 is 0. The summed E-state index contributed by atoms with van der Waals surface area (Å²) in [5.74, 6) is 1.46. The Morgan fingerprint density at radius 1 is 0.964 bits per heavy atom. The van der Waals surface area contributed by atoms with Gasteiger partial charge in [-0.3, -0.25) is 0 Å². The van der Waals surface area contributed by atoms with Gasteiger partial charge in [-0.15, -0.1) is 10.2 Å². The summed E-state index contributed by atoms with van der Waals surface area (Å²) < 4.78 is 11.3. The first-order valence-corrected chi connectivity index (χ1v) is 9.75. The quantitative estimate of drug-likeness (QED) is 0.722. The van der Waals surface area contributed by atoms with E-state index in [1.165, 1.54) is 12.8 Å². The second kappa shape index (κ2) is 6.95. The van der Waals surface area contributed by atoms with Crippen molar-refractivity contribution in [2.24, 2.45) is 0 Å². The number of benzene rings is 2. The highest BCUT2D eigenvalue weighted by atomic mass is 16.5. The van der Waals surface area contributed by atoms with Crippen LogP contribution in [0.4, 0.5) is 0 Å². The number of phenols is 1. The van der Waals surface area contributed by atoms with Crippen LogP contribution in [0.2, 0.25) is 0 Å². The standard InChI is InChI=1S/C22H23N3O3/c1-27-17-5-2-13-9-19(21(26)10-14(13)8-17)20-6-7-22(25-24-20)28-18-11-15-3-4-16(12-18)23-15/h2,5-10,15-16,18,23,26H,3-4,11-12H2,1H3/t15-,16+,18-. The lowest BCUT2D eigenvalue weighted by Gasteiger charge is -2.28. The monoisotopic (exact) mass is 377 g/mol. The molecule has 3 heterocycles. The summed E-state index contributed by atoms with van der Waals surface area (Å²) in [7, 11) is 1.63. The lowest BCUT2D eigenvalue weighted by atomic mass is 10.0. The van der Waals surface area contributed by atoms with Crippen molar-refractivity contribution in [3.05, 3.63) is 42.5 Å². The number of nitrogens with one attached hydrogen (secondary N) is 1. The van der Waals surface area contributed by atoms with Crippen molar-refractivity contribution >= 4 is 10.8 Å². The zero-order valence-corrected chi connectivity index (χ0v) is 15.8. The summed E-state index contributed by atoms with van der Waals surface area (Å²) in [6, 6.07) is 14.2. The number of piperidine rings is 1. The average Bonchev–Trinajstić information content (AvgIpc) is 3.06. The predicted octanol–water partition coefficient (Wildman–Crippen LogP) is 3.67. The average molecular weight is 377 g/mol. The van der Waals surface area contributed by atoms with E-state index in [4.69, 9.17) is 9.47 Å². The number of methoxy groups -OCH3 is 1. The highest BCUT2D eigenvalue weighted by molar-refractivity contribution is 5.90. The van der Waals surface area contributed by atoms with E-state index in [0.717, 1.165) is 29.4 Å². The highest BCUT2D eigenvalue weighted by Crippen LogP contribution is 2.34. The van der Waals surface area contributed by atoms with Gasteiger partial charge < -0.3 is 19.9 Å². The molecule has 2 bridgehead atoms. The van der Waals surface area contributed by atoms with Gasteiger partial charge in [-0.2, -0.15) is 0 Å². The van der Waals surface area contributed by atoms with Crippen LogP contribution >= 0.6 is 0 Å². The van der Waals surface area contributed by atoms with Crippen molar-refractivity contribution in [3.8, 4) is 28.6 Å². The Morgan fingerprint density at radius 2 is 1.79 bits per heavy atom. The molecule has 0 saturated carbocycles. The molecule has 2 fully saturated rings. The minimum Gasteiger partial charge on any atom is -0.507 e. The predicted molar refractivity (Wildman–Crippen MR) is 107 cm³/mol.